The Bertz CT molecular complexity index is 405. The van der Waals surface area contributed by atoms with E-state index in [9.17, 15) is 18.0 Å². The first-order valence-corrected chi connectivity index (χ1v) is 5.64. The molecule has 0 aliphatic heterocycles. The predicted molar refractivity (Wildman–Crippen MR) is 54.7 cm³/mol. The average Bonchev–Trinajstić information content (AvgIpc) is 2.77. The quantitative estimate of drug-likeness (QED) is 0.751. The summed E-state index contributed by atoms with van der Waals surface area (Å²) in [4.78, 5) is 11.0. The number of Topliss-reactive ketones (excluding diaryl/α,β-unsaturated/α-hetero) is 1. The van der Waals surface area contributed by atoms with Gasteiger partial charge in [-0.1, -0.05) is 19.3 Å². The summed E-state index contributed by atoms with van der Waals surface area (Å²) >= 11 is 0. The van der Waals surface area contributed by atoms with E-state index in [2.05, 4.69) is 5.10 Å². The molecule has 6 heteroatoms. The first-order chi connectivity index (χ1) is 7.98. The number of ketones is 1. The molecule has 0 unspecified atom stereocenters. The fourth-order valence-electron chi connectivity index (χ4n) is 2.16. The molecule has 0 aromatic carbocycles. The Morgan fingerprint density at radius 2 is 1.94 bits per heavy atom. The highest BCUT2D eigenvalue weighted by Crippen LogP contribution is 2.28. The molecule has 1 aromatic heterocycles. The van der Waals surface area contributed by atoms with Crippen LogP contribution in [0.4, 0.5) is 13.2 Å². The Morgan fingerprint density at radius 3 is 2.53 bits per heavy atom. The molecule has 1 aliphatic carbocycles. The van der Waals surface area contributed by atoms with Crippen LogP contribution in [0.25, 0.3) is 0 Å². The molecule has 0 spiro atoms. The highest BCUT2D eigenvalue weighted by Gasteiger charge is 2.40. The van der Waals surface area contributed by atoms with Gasteiger partial charge in [0, 0.05) is 6.20 Å². The summed E-state index contributed by atoms with van der Waals surface area (Å²) in [5, 5.41) is 3.87. The van der Waals surface area contributed by atoms with Crippen molar-refractivity contribution in [2.24, 2.45) is 0 Å². The summed E-state index contributed by atoms with van der Waals surface area (Å²) in [5.74, 6) is -1.82. The van der Waals surface area contributed by atoms with Gasteiger partial charge >= 0.3 is 6.18 Å². The molecule has 0 atom stereocenters. The molecular weight excluding hydrogens is 233 g/mol. The van der Waals surface area contributed by atoms with Crippen molar-refractivity contribution >= 4 is 5.78 Å². The van der Waals surface area contributed by atoms with Crippen molar-refractivity contribution in [3.8, 4) is 0 Å². The third kappa shape index (κ3) is 2.68. The molecule has 1 aliphatic rings. The maximum atomic E-state index is 12.2. The van der Waals surface area contributed by atoms with Crippen molar-refractivity contribution in [2.45, 2.75) is 44.3 Å². The summed E-state index contributed by atoms with van der Waals surface area (Å²) in [6.07, 6.45) is 2.52. The van der Waals surface area contributed by atoms with E-state index in [1.54, 1.807) is 0 Å². The van der Waals surface area contributed by atoms with Gasteiger partial charge in [0.1, 0.15) is 0 Å². The zero-order valence-corrected chi connectivity index (χ0v) is 9.20. The van der Waals surface area contributed by atoms with Gasteiger partial charge in [0.05, 0.1) is 17.8 Å². The van der Waals surface area contributed by atoms with E-state index in [4.69, 9.17) is 0 Å². The van der Waals surface area contributed by atoms with Crippen LogP contribution in [0.3, 0.4) is 0 Å². The van der Waals surface area contributed by atoms with Crippen molar-refractivity contribution in [1.82, 2.24) is 9.78 Å². The molecule has 94 valence electrons. The van der Waals surface area contributed by atoms with Crippen LogP contribution in [-0.2, 0) is 0 Å². The molecule has 3 nitrogen and oxygen atoms in total. The minimum Gasteiger partial charge on any atom is -0.284 e. The molecule has 1 saturated carbocycles. The predicted octanol–water partition coefficient (Wildman–Crippen LogP) is 3.13. The molecule has 1 fully saturated rings. The van der Waals surface area contributed by atoms with Crippen LogP contribution >= 0.6 is 0 Å². The van der Waals surface area contributed by atoms with Gasteiger partial charge in [0.25, 0.3) is 5.78 Å². The largest absolute Gasteiger partial charge is 0.454 e. The lowest BCUT2D eigenvalue weighted by Gasteiger charge is -2.21. The van der Waals surface area contributed by atoms with Crippen molar-refractivity contribution in [3.63, 3.8) is 0 Å². The number of carbonyl (C=O) groups is 1. The van der Waals surface area contributed by atoms with Gasteiger partial charge in [-0.15, -0.1) is 0 Å². The lowest BCUT2D eigenvalue weighted by atomic mass is 9.96. The number of rotatable bonds is 2. The third-order valence-corrected chi connectivity index (χ3v) is 3.07. The lowest BCUT2D eigenvalue weighted by Crippen LogP contribution is -2.22. The van der Waals surface area contributed by atoms with Gasteiger partial charge < -0.3 is 0 Å². The van der Waals surface area contributed by atoms with E-state index in [1.807, 2.05) is 0 Å². The van der Waals surface area contributed by atoms with E-state index in [-0.39, 0.29) is 11.6 Å². The Balaban J connectivity index is 2.12. The Morgan fingerprint density at radius 1 is 1.29 bits per heavy atom. The highest BCUT2D eigenvalue weighted by molar-refractivity contribution is 5.99. The van der Waals surface area contributed by atoms with Gasteiger partial charge in [-0.25, -0.2) is 0 Å². The van der Waals surface area contributed by atoms with Crippen LogP contribution in [0.15, 0.2) is 12.4 Å². The number of halogens is 3. The van der Waals surface area contributed by atoms with Crippen LogP contribution in [0, 0.1) is 0 Å². The van der Waals surface area contributed by atoms with Crippen molar-refractivity contribution in [3.05, 3.63) is 18.0 Å². The Hall–Kier alpha value is -1.33. The lowest BCUT2D eigenvalue weighted by molar-refractivity contribution is -0.0885. The van der Waals surface area contributed by atoms with Gasteiger partial charge in [-0.3, -0.25) is 9.48 Å². The molecule has 17 heavy (non-hydrogen) atoms. The van der Waals surface area contributed by atoms with Crippen LogP contribution < -0.4 is 0 Å². The molecule has 0 N–H and O–H groups in total. The smallest absolute Gasteiger partial charge is 0.284 e. The molecule has 0 amide bonds. The van der Waals surface area contributed by atoms with Crippen LogP contribution in [0.1, 0.15) is 48.5 Å². The normalized spacial score (nSPS) is 18.3. The molecule has 1 aromatic rings. The van der Waals surface area contributed by atoms with E-state index >= 15 is 0 Å². The number of carbonyl (C=O) groups excluding carboxylic acids is 1. The maximum absolute atomic E-state index is 12.2. The summed E-state index contributed by atoms with van der Waals surface area (Å²) in [5.41, 5.74) is -0.372. The first kappa shape index (κ1) is 12.1. The van der Waals surface area contributed by atoms with Gasteiger partial charge in [-0.05, 0) is 12.8 Å². The maximum Gasteiger partial charge on any atom is 0.454 e. The second kappa shape index (κ2) is 4.50. The van der Waals surface area contributed by atoms with Crippen molar-refractivity contribution in [2.75, 3.05) is 0 Å². The van der Waals surface area contributed by atoms with Gasteiger partial charge in [0.2, 0.25) is 0 Å². The topological polar surface area (TPSA) is 34.9 Å². The highest BCUT2D eigenvalue weighted by atomic mass is 19.4. The molecule has 0 bridgehead atoms. The van der Waals surface area contributed by atoms with Gasteiger partial charge in [-0.2, -0.15) is 18.3 Å². The second-order valence-electron chi connectivity index (χ2n) is 4.33. The van der Waals surface area contributed by atoms with Crippen molar-refractivity contribution < 1.29 is 18.0 Å². The average molecular weight is 246 g/mol. The molecule has 2 rings (SSSR count). The number of alkyl halides is 3. The van der Waals surface area contributed by atoms with E-state index in [0.717, 1.165) is 38.3 Å². The number of nitrogens with zero attached hydrogens (tertiary/aromatic N) is 2. The Kier molecular flexibility index (Phi) is 3.22. The van der Waals surface area contributed by atoms with E-state index < -0.39 is 12.0 Å². The van der Waals surface area contributed by atoms with Crippen LogP contribution in [-0.4, -0.2) is 21.7 Å². The first-order valence-electron chi connectivity index (χ1n) is 5.64. The van der Waals surface area contributed by atoms with Crippen LogP contribution in [0.5, 0.6) is 0 Å². The molecule has 1 heterocycles. The summed E-state index contributed by atoms with van der Waals surface area (Å²) < 4.78 is 38.1. The van der Waals surface area contributed by atoms with E-state index in [0.29, 0.717) is 0 Å². The molecule has 0 saturated heterocycles. The fraction of sp³-hybridized carbons (Fsp3) is 0.636. The third-order valence-electron chi connectivity index (χ3n) is 3.07. The van der Waals surface area contributed by atoms with E-state index in [1.165, 1.54) is 10.9 Å². The minimum atomic E-state index is -4.82. The SMILES string of the molecule is O=C(c1cnn(C2CCCCC2)c1)C(F)(F)F. The monoisotopic (exact) mass is 246 g/mol. The fourth-order valence-corrected chi connectivity index (χ4v) is 2.16. The second-order valence-corrected chi connectivity index (χ2v) is 4.33. The zero-order valence-electron chi connectivity index (χ0n) is 9.20. The Labute approximate surface area is 96.6 Å². The van der Waals surface area contributed by atoms with Gasteiger partial charge in [0.15, 0.2) is 0 Å². The number of hydrogen-bond donors (Lipinski definition) is 0. The zero-order chi connectivity index (χ0) is 12.5. The summed E-state index contributed by atoms with van der Waals surface area (Å²) in [6.45, 7) is 0. The van der Waals surface area contributed by atoms with Crippen LogP contribution in [0.2, 0.25) is 0 Å². The van der Waals surface area contributed by atoms with Crippen molar-refractivity contribution in [1.29, 1.82) is 0 Å². The minimum absolute atomic E-state index is 0.138. The molecular formula is C11H13F3N2O. The number of aromatic nitrogens is 2. The number of hydrogen-bond acceptors (Lipinski definition) is 2. The standard InChI is InChI=1S/C11H13F3N2O/c12-11(13,14)10(17)8-6-15-16(7-8)9-4-2-1-3-5-9/h6-7,9H,1-5H2. The summed E-state index contributed by atoms with van der Waals surface area (Å²) in [7, 11) is 0. The summed E-state index contributed by atoms with van der Waals surface area (Å²) in [6, 6.07) is 0.138. The molecule has 0 radical (unpaired) electrons.